The minimum atomic E-state index is -4.98. The summed E-state index contributed by atoms with van der Waals surface area (Å²) in [5, 5.41) is 22.6. The number of rotatable bonds is 14. The second-order valence-corrected chi connectivity index (χ2v) is 23.3. The van der Waals surface area contributed by atoms with Gasteiger partial charge in [-0.2, -0.15) is 0 Å². The molecule has 0 saturated carbocycles. The molecule has 0 aromatic heterocycles. The van der Waals surface area contributed by atoms with Crippen LogP contribution in [-0.4, -0.2) is 53.7 Å². The molecule has 1 saturated heterocycles. The van der Waals surface area contributed by atoms with Crippen LogP contribution in [-0.2, 0) is 46.3 Å². The summed E-state index contributed by atoms with van der Waals surface area (Å²) in [5.74, 6) is -0.119. The average Bonchev–Trinajstić information content (AvgIpc) is 3.37. The summed E-state index contributed by atoms with van der Waals surface area (Å²) in [5.41, 5.74) is 0.144. The van der Waals surface area contributed by atoms with Crippen molar-refractivity contribution in [3.63, 3.8) is 0 Å². The van der Waals surface area contributed by atoms with Crippen molar-refractivity contribution >= 4 is 43.3 Å². The second kappa shape index (κ2) is 21.0. The van der Waals surface area contributed by atoms with Crippen LogP contribution < -0.4 is 10.9 Å². The Morgan fingerprint density at radius 3 is 0.764 bits per heavy atom. The van der Waals surface area contributed by atoms with Crippen molar-refractivity contribution in [3.05, 3.63) is 264 Å². The van der Waals surface area contributed by atoms with Gasteiger partial charge in [-0.15, -0.1) is 0 Å². The van der Waals surface area contributed by atoms with E-state index in [0.717, 1.165) is 33.4 Å². The Morgan fingerprint density at radius 1 is 0.319 bits per heavy atom. The summed E-state index contributed by atoms with van der Waals surface area (Å²) >= 11 is 0. The van der Waals surface area contributed by atoms with Gasteiger partial charge >= 0.3 is 32.3 Å². The molecule has 10 nitrogen and oxygen atoms in total. The number of benzene rings is 8. The molecular formula is C58H58B2O10Si2. The van der Waals surface area contributed by atoms with E-state index in [-0.39, 0.29) is 11.5 Å². The van der Waals surface area contributed by atoms with Crippen LogP contribution in [0.2, 0.25) is 0 Å². The highest BCUT2D eigenvalue weighted by atomic mass is 28.4. The van der Waals surface area contributed by atoms with Gasteiger partial charge in [-0.05, 0) is 110 Å². The predicted molar refractivity (Wildman–Crippen MR) is 285 cm³/mol. The van der Waals surface area contributed by atoms with E-state index in [2.05, 4.69) is 0 Å². The zero-order valence-electron chi connectivity index (χ0n) is 41.3. The quantitative estimate of drug-likeness (QED) is 0.0806. The van der Waals surface area contributed by atoms with Crippen molar-refractivity contribution in [1.82, 2.24) is 0 Å². The van der Waals surface area contributed by atoms with E-state index in [4.69, 9.17) is 35.1 Å². The van der Waals surface area contributed by atoms with Gasteiger partial charge in [-0.1, -0.05) is 206 Å². The van der Waals surface area contributed by atoms with Crippen LogP contribution in [0.1, 0.15) is 74.9 Å². The van der Waals surface area contributed by atoms with Crippen LogP contribution in [0.15, 0.2) is 231 Å². The van der Waals surface area contributed by atoms with Gasteiger partial charge in [0.2, 0.25) is 0 Å². The molecule has 0 unspecified atom stereocenters. The second-order valence-electron chi connectivity index (χ2n) is 19.5. The van der Waals surface area contributed by atoms with Gasteiger partial charge in [0, 0.05) is 0 Å². The zero-order chi connectivity index (χ0) is 50.5. The number of phenols is 2. The first-order chi connectivity index (χ1) is 34.6. The molecule has 8 aromatic carbocycles. The summed E-state index contributed by atoms with van der Waals surface area (Å²) in [6, 6.07) is 72.2. The summed E-state index contributed by atoms with van der Waals surface area (Å²) in [4.78, 5) is 0. The summed E-state index contributed by atoms with van der Waals surface area (Å²) in [6.45, 7) is 11.3. The third-order valence-corrected chi connectivity index (χ3v) is 16.6. The van der Waals surface area contributed by atoms with Crippen molar-refractivity contribution in [3.8, 4) is 11.5 Å². The summed E-state index contributed by atoms with van der Waals surface area (Å²) < 4.78 is 60.7. The average molecular weight is 993 g/mol. The molecule has 1 aliphatic heterocycles. The van der Waals surface area contributed by atoms with Gasteiger partial charge in [-0.25, -0.2) is 0 Å². The Balaban J connectivity index is 1.36. The van der Waals surface area contributed by atoms with Crippen LogP contribution >= 0.6 is 0 Å². The fourth-order valence-corrected chi connectivity index (χ4v) is 14.5. The molecule has 0 amide bonds. The molecule has 0 atom stereocenters. The molecule has 0 spiro atoms. The van der Waals surface area contributed by atoms with Crippen LogP contribution in [0.3, 0.4) is 0 Å². The van der Waals surface area contributed by atoms with Crippen molar-refractivity contribution in [2.75, 3.05) is 0 Å². The van der Waals surface area contributed by atoms with E-state index in [9.17, 15) is 10.2 Å². The Labute approximate surface area is 426 Å². The van der Waals surface area contributed by atoms with Gasteiger partial charge in [-0.3, -0.25) is 0 Å². The van der Waals surface area contributed by atoms with Crippen LogP contribution in [0, 0.1) is 0 Å². The van der Waals surface area contributed by atoms with Crippen LogP contribution in [0.5, 0.6) is 11.5 Å². The maximum Gasteiger partial charge on any atom is 0.654 e. The van der Waals surface area contributed by atoms with E-state index < -0.39 is 54.7 Å². The lowest BCUT2D eigenvalue weighted by molar-refractivity contribution is -0.0885. The standard InChI is InChI=1S/C58H58B2O10Si2/c1-55(2,3)63-71(65-57(45-27-13-7-14-28-45,46-29-15-8-16-30-46)47-31-17-9-18-32-47)67-59(51-39-25-41-53(61)43-51)69-72(64-56(4,5)6,70-60(68-71)52-40-26-42-54(62)44-52)66-58(48-33-19-10-20-34-48,49-35-21-11-22-36-49)50-37-23-12-24-38-50/h7-44,61-62H,1-6H3. The van der Waals surface area contributed by atoms with Crippen molar-refractivity contribution in [1.29, 1.82) is 0 Å². The smallest absolute Gasteiger partial charge is 0.508 e. The molecular weight excluding hydrogens is 934 g/mol. The molecule has 0 radical (unpaired) electrons. The molecule has 72 heavy (non-hydrogen) atoms. The monoisotopic (exact) mass is 992 g/mol. The minimum absolute atomic E-state index is 0.0597. The molecule has 1 aliphatic rings. The van der Waals surface area contributed by atoms with Crippen LogP contribution in [0.4, 0.5) is 0 Å². The normalized spacial score (nSPS) is 18.0. The highest BCUT2D eigenvalue weighted by Gasteiger charge is 2.68. The van der Waals surface area contributed by atoms with E-state index in [0.29, 0.717) is 10.9 Å². The maximum atomic E-state index is 11.3. The SMILES string of the molecule is CC(C)(C)O[Si]1(OC(c2ccccc2)(c2ccccc2)c2ccccc2)OB(c2cccc(O)c2)O[Si](OC(C)(C)C)(OC(c2ccccc2)(c2ccccc2)c2ccccc2)OB(c2cccc(O)c2)O1. The van der Waals surface area contributed by atoms with Gasteiger partial charge in [0.05, 0.1) is 11.2 Å². The third kappa shape index (κ3) is 11.1. The lowest BCUT2D eigenvalue weighted by Crippen LogP contribution is -2.73. The van der Waals surface area contributed by atoms with Crippen molar-refractivity contribution < 1.29 is 45.3 Å². The number of phenolic OH excluding ortho intramolecular Hbond substituents is 2. The number of hydrogen-bond donors (Lipinski definition) is 2. The van der Waals surface area contributed by atoms with E-state index >= 15 is 0 Å². The molecule has 2 N–H and O–H groups in total. The molecule has 1 heterocycles. The zero-order valence-corrected chi connectivity index (χ0v) is 43.3. The Kier molecular flexibility index (Phi) is 14.7. The molecule has 14 heteroatoms. The largest absolute Gasteiger partial charge is 0.654 e. The number of aromatic hydroxyl groups is 2. The van der Waals surface area contributed by atoms with Gasteiger partial charge in [0.25, 0.3) is 0 Å². The lowest BCUT2D eigenvalue weighted by atomic mass is 9.80. The lowest BCUT2D eigenvalue weighted by Gasteiger charge is -2.49. The fraction of sp³-hybridized carbons (Fsp3) is 0.172. The van der Waals surface area contributed by atoms with E-state index in [1.54, 1.807) is 48.5 Å². The molecule has 8 aromatic rings. The Bertz CT molecular complexity index is 2590. The topological polar surface area (TPSA) is 114 Å². The third-order valence-electron chi connectivity index (χ3n) is 11.8. The first-order valence-corrected chi connectivity index (χ1v) is 27.3. The maximum absolute atomic E-state index is 11.3. The summed E-state index contributed by atoms with van der Waals surface area (Å²) in [6.07, 6.45) is 0. The molecule has 0 aliphatic carbocycles. The first-order valence-electron chi connectivity index (χ1n) is 24.0. The highest BCUT2D eigenvalue weighted by Crippen LogP contribution is 2.48. The predicted octanol–water partition coefficient (Wildman–Crippen LogP) is 10.8. The van der Waals surface area contributed by atoms with Crippen LogP contribution in [0.25, 0.3) is 0 Å². The highest BCUT2D eigenvalue weighted by molar-refractivity contribution is 6.85. The molecule has 9 rings (SSSR count). The molecule has 0 bridgehead atoms. The van der Waals surface area contributed by atoms with Crippen molar-refractivity contribution in [2.24, 2.45) is 0 Å². The Morgan fingerprint density at radius 2 is 0.556 bits per heavy atom. The molecule has 364 valence electrons. The summed E-state index contributed by atoms with van der Waals surface area (Å²) in [7, 11) is -13.0. The van der Waals surface area contributed by atoms with E-state index in [1.165, 1.54) is 0 Å². The van der Waals surface area contributed by atoms with E-state index in [1.807, 2.05) is 224 Å². The van der Waals surface area contributed by atoms with Gasteiger partial charge in [0.1, 0.15) is 22.7 Å². The van der Waals surface area contributed by atoms with Gasteiger partial charge < -0.3 is 45.3 Å². The Hall–Kier alpha value is -6.40. The number of hydrogen-bond acceptors (Lipinski definition) is 10. The van der Waals surface area contributed by atoms with Crippen molar-refractivity contribution in [2.45, 2.75) is 63.9 Å². The molecule has 1 fully saturated rings. The first kappa shape index (κ1) is 50.5. The fourth-order valence-electron chi connectivity index (χ4n) is 8.99. The van der Waals surface area contributed by atoms with Gasteiger partial charge in [0.15, 0.2) is 0 Å². The minimum Gasteiger partial charge on any atom is -0.508 e.